The van der Waals surface area contributed by atoms with Crippen LogP contribution in [0.1, 0.15) is 19.8 Å². The van der Waals surface area contributed by atoms with E-state index in [1.54, 1.807) is 0 Å². The first-order valence-electron chi connectivity index (χ1n) is 6.25. The molecule has 1 saturated heterocycles. The lowest BCUT2D eigenvalue weighted by Gasteiger charge is -2.33. The van der Waals surface area contributed by atoms with E-state index in [0.29, 0.717) is 5.82 Å². The van der Waals surface area contributed by atoms with Gasteiger partial charge in [-0.25, -0.2) is 4.98 Å². The number of nitrogens with zero attached hydrogens (tertiary/aromatic N) is 2. The number of hydrogen-bond donors (Lipinski definition) is 2. The summed E-state index contributed by atoms with van der Waals surface area (Å²) >= 11 is 0. The summed E-state index contributed by atoms with van der Waals surface area (Å²) < 4.78 is 5.10. The van der Waals surface area contributed by atoms with Crippen molar-refractivity contribution in [2.24, 2.45) is 0 Å². The van der Waals surface area contributed by atoms with Crippen LogP contribution in [0, 0.1) is 0 Å². The van der Waals surface area contributed by atoms with Gasteiger partial charge >= 0.3 is 0 Å². The molecule has 1 aromatic heterocycles. The average Bonchev–Trinajstić information content (AvgIpc) is 2.38. The molecule has 0 atom stereocenters. The number of nitrogens with one attached hydrogen (secondary N) is 2. The fourth-order valence-electron chi connectivity index (χ4n) is 2.31. The van der Waals surface area contributed by atoms with Gasteiger partial charge in [-0.15, -0.1) is 0 Å². The van der Waals surface area contributed by atoms with E-state index in [2.05, 4.69) is 15.3 Å². The van der Waals surface area contributed by atoms with Crippen molar-refractivity contribution in [2.45, 2.75) is 25.8 Å². The highest BCUT2D eigenvalue weighted by Crippen LogP contribution is 2.23. The van der Waals surface area contributed by atoms with Crippen LogP contribution in [0.5, 0.6) is 5.75 Å². The van der Waals surface area contributed by atoms with Crippen LogP contribution in [0.15, 0.2) is 11.1 Å². The molecule has 0 aromatic carbocycles. The van der Waals surface area contributed by atoms with Gasteiger partial charge in [-0.3, -0.25) is 9.59 Å². The molecule has 1 aromatic rings. The number of aromatic amines is 1. The van der Waals surface area contributed by atoms with Gasteiger partial charge in [0.05, 0.1) is 13.4 Å². The second-order valence-corrected chi connectivity index (χ2v) is 4.55. The van der Waals surface area contributed by atoms with Crippen LogP contribution in [0.4, 0.5) is 5.82 Å². The molecule has 19 heavy (non-hydrogen) atoms. The Kier molecular flexibility index (Phi) is 4.03. The SMILES string of the molecule is COc1c(N2CCC(NC(C)=O)CC2)nc[nH]c1=O. The molecule has 7 nitrogen and oxygen atoms in total. The second-order valence-electron chi connectivity index (χ2n) is 4.55. The van der Waals surface area contributed by atoms with Crippen molar-refractivity contribution in [1.82, 2.24) is 15.3 Å². The highest BCUT2D eigenvalue weighted by Gasteiger charge is 2.23. The number of carbonyl (C=O) groups is 1. The van der Waals surface area contributed by atoms with Crippen LogP contribution in [0.2, 0.25) is 0 Å². The summed E-state index contributed by atoms with van der Waals surface area (Å²) in [5, 5.41) is 2.91. The topological polar surface area (TPSA) is 87.3 Å². The van der Waals surface area contributed by atoms with E-state index in [1.165, 1.54) is 20.4 Å². The molecule has 0 saturated carbocycles. The quantitative estimate of drug-likeness (QED) is 0.796. The first-order valence-corrected chi connectivity index (χ1v) is 6.25. The normalized spacial score (nSPS) is 16.2. The van der Waals surface area contributed by atoms with Crippen LogP contribution < -0.4 is 20.5 Å². The maximum atomic E-state index is 11.6. The van der Waals surface area contributed by atoms with Crippen LogP contribution in [0.3, 0.4) is 0 Å². The minimum Gasteiger partial charge on any atom is -0.489 e. The molecule has 0 bridgehead atoms. The summed E-state index contributed by atoms with van der Waals surface area (Å²) in [4.78, 5) is 31.3. The molecule has 0 spiro atoms. The monoisotopic (exact) mass is 266 g/mol. The van der Waals surface area contributed by atoms with Crippen molar-refractivity contribution in [3.8, 4) is 5.75 Å². The highest BCUT2D eigenvalue weighted by molar-refractivity contribution is 5.73. The van der Waals surface area contributed by atoms with Gasteiger partial charge < -0.3 is 19.9 Å². The Balaban J connectivity index is 2.08. The van der Waals surface area contributed by atoms with E-state index in [-0.39, 0.29) is 23.3 Å². The molecule has 0 unspecified atom stereocenters. The summed E-state index contributed by atoms with van der Waals surface area (Å²) in [6.45, 7) is 2.99. The number of carbonyl (C=O) groups excluding carboxylic acids is 1. The standard InChI is InChI=1S/C12H18N4O3/c1-8(17)15-9-3-5-16(6-4-9)11-10(19-2)12(18)14-7-13-11/h7,9H,3-6H2,1-2H3,(H,15,17)(H,13,14,18). The zero-order valence-corrected chi connectivity index (χ0v) is 11.1. The van der Waals surface area contributed by atoms with Gasteiger partial charge in [-0.1, -0.05) is 0 Å². The van der Waals surface area contributed by atoms with Gasteiger partial charge in [0.25, 0.3) is 5.56 Å². The lowest BCUT2D eigenvalue weighted by Crippen LogP contribution is -2.44. The first-order chi connectivity index (χ1) is 9.11. The zero-order valence-electron chi connectivity index (χ0n) is 11.1. The van der Waals surface area contributed by atoms with E-state index in [4.69, 9.17) is 4.74 Å². The maximum absolute atomic E-state index is 11.6. The summed E-state index contributed by atoms with van der Waals surface area (Å²) in [5.74, 6) is 0.790. The van der Waals surface area contributed by atoms with Crippen LogP contribution >= 0.6 is 0 Å². The Bertz CT molecular complexity index is 506. The summed E-state index contributed by atoms with van der Waals surface area (Å²) in [5.41, 5.74) is -0.281. The molecule has 1 aliphatic heterocycles. The molecule has 1 fully saturated rings. The highest BCUT2D eigenvalue weighted by atomic mass is 16.5. The summed E-state index contributed by atoms with van der Waals surface area (Å²) in [6.07, 6.45) is 3.04. The number of aromatic nitrogens is 2. The molecule has 0 radical (unpaired) electrons. The lowest BCUT2D eigenvalue weighted by molar-refractivity contribution is -0.119. The number of piperidine rings is 1. The zero-order chi connectivity index (χ0) is 13.8. The predicted octanol–water partition coefficient (Wildman–Crippen LogP) is -0.117. The van der Waals surface area contributed by atoms with Crippen LogP contribution in [-0.2, 0) is 4.79 Å². The Morgan fingerprint density at radius 2 is 2.21 bits per heavy atom. The third-order valence-corrected chi connectivity index (χ3v) is 3.20. The molecule has 2 N–H and O–H groups in total. The average molecular weight is 266 g/mol. The molecule has 2 heterocycles. The minimum absolute atomic E-state index is 0.00897. The van der Waals surface area contributed by atoms with Gasteiger partial charge in [0.15, 0.2) is 5.82 Å². The van der Waals surface area contributed by atoms with E-state index in [0.717, 1.165) is 25.9 Å². The Labute approximate surface area is 111 Å². The first kappa shape index (κ1) is 13.4. The van der Waals surface area contributed by atoms with Gasteiger partial charge in [0.1, 0.15) is 0 Å². The smallest absolute Gasteiger partial charge is 0.295 e. The number of H-pyrrole nitrogens is 1. The summed E-state index contributed by atoms with van der Waals surface area (Å²) in [6, 6.07) is 0.196. The van der Waals surface area contributed by atoms with Crippen molar-refractivity contribution in [3.05, 3.63) is 16.7 Å². The Morgan fingerprint density at radius 3 is 2.79 bits per heavy atom. The molecule has 104 valence electrons. The number of amides is 1. The van der Waals surface area contributed by atoms with Crippen molar-refractivity contribution < 1.29 is 9.53 Å². The molecule has 2 rings (SSSR count). The Morgan fingerprint density at radius 1 is 1.53 bits per heavy atom. The third-order valence-electron chi connectivity index (χ3n) is 3.20. The van der Waals surface area contributed by atoms with Crippen molar-refractivity contribution >= 4 is 11.7 Å². The van der Waals surface area contributed by atoms with Gasteiger partial charge in [-0.05, 0) is 12.8 Å². The number of rotatable bonds is 3. The van der Waals surface area contributed by atoms with Gasteiger partial charge in [0.2, 0.25) is 11.7 Å². The van der Waals surface area contributed by atoms with Crippen molar-refractivity contribution in [1.29, 1.82) is 0 Å². The van der Waals surface area contributed by atoms with Crippen molar-refractivity contribution in [3.63, 3.8) is 0 Å². The fraction of sp³-hybridized carbons (Fsp3) is 0.583. The third kappa shape index (κ3) is 3.04. The van der Waals surface area contributed by atoms with E-state index in [1.807, 2.05) is 4.90 Å². The van der Waals surface area contributed by atoms with E-state index < -0.39 is 0 Å². The number of ether oxygens (including phenoxy) is 1. The molecule has 7 heteroatoms. The molecular formula is C12H18N4O3. The van der Waals surface area contributed by atoms with E-state index >= 15 is 0 Å². The lowest BCUT2D eigenvalue weighted by atomic mass is 10.1. The Hall–Kier alpha value is -2.05. The van der Waals surface area contributed by atoms with Crippen molar-refractivity contribution in [2.75, 3.05) is 25.1 Å². The summed E-state index contributed by atoms with van der Waals surface area (Å²) in [7, 11) is 1.46. The fourth-order valence-corrected chi connectivity index (χ4v) is 2.31. The molecule has 0 aliphatic carbocycles. The minimum atomic E-state index is -0.281. The number of anilines is 1. The molecule has 1 aliphatic rings. The molecule has 1 amide bonds. The largest absolute Gasteiger partial charge is 0.489 e. The maximum Gasteiger partial charge on any atom is 0.295 e. The van der Waals surface area contributed by atoms with Gasteiger partial charge in [0, 0.05) is 26.1 Å². The second kappa shape index (κ2) is 5.73. The number of methoxy groups -OCH3 is 1. The number of hydrogen-bond acceptors (Lipinski definition) is 5. The van der Waals surface area contributed by atoms with E-state index in [9.17, 15) is 9.59 Å². The molecular weight excluding hydrogens is 248 g/mol. The van der Waals surface area contributed by atoms with Crippen LogP contribution in [0.25, 0.3) is 0 Å². The van der Waals surface area contributed by atoms with Crippen LogP contribution in [-0.4, -0.2) is 42.1 Å². The van der Waals surface area contributed by atoms with Gasteiger partial charge in [-0.2, -0.15) is 0 Å². The predicted molar refractivity (Wildman–Crippen MR) is 70.5 cm³/mol.